The minimum Gasteiger partial charge on any atom is -0.493 e. The van der Waals surface area contributed by atoms with Gasteiger partial charge in [0.05, 0.1) is 18.0 Å². The minimum atomic E-state index is -3.18. The largest absolute Gasteiger partial charge is 0.493 e. The fourth-order valence-corrected chi connectivity index (χ4v) is 4.13. The highest BCUT2D eigenvalue weighted by molar-refractivity contribution is 7.89. The van der Waals surface area contributed by atoms with Crippen LogP contribution < -0.4 is 9.46 Å². The van der Waals surface area contributed by atoms with Crippen molar-refractivity contribution < 1.29 is 13.2 Å². The molecule has 0 radical (unpaired) electrons. The maximum atomic E-state index is 11.9. The van der Waals surface area contributed by atoms with Gasteiger partial charge in [0.15, 0.2) is 0 Å². The van der Waals surface area contributed by atoms with E-state index in [1.54, 1.807) is 17.8 Å². The van der Waals surface area contributed by atoms with Gasteiger partial charge < -0.3 is 4.74 Å². The third-order valence-electron chi connectivity index (χ3n) is 4.69. The normalized spacial score (nSPS) is 21.2. The maximum Gasteiger partial charge on any atom is 0.211 e. The minimum absolute atomic E-state index is 0.0259. The summed E-state index contributed by atoms with van der Waals surface area (Å²) in [5.41, 5.74) is 0.976. The summed E-state index contributed by atoms with van der Waals surface area (Å²) in [5.74, 6) is 1.12. The van der Waals surface area contributed by atoms with Crippen molar-refractivity contribution in [3.8, 4) is 11.4 Å². The van der Waals surface area contributed by atoms with Crippen molar-refractivity contribution in [1.82, 2.24) is 14.5 Å². The Balaban J connectivity index is 1.59. The predicted molar refractivity (Wildman–Crippen MR) is 97.4 cm³/mol. The van der Waals surface area contributed by atoms with Crippen LogP contribution in [0.1, 0.15) is 32.6 Å². The van der Waals surface area contributed by atoms with Crippen LogP contribution in [0.15, 0.2) is 42.7 Å². The van der Waals surface area contributed by atoms with Gasteiger partial charge in [-0.15, -0.1) is 0 Å². The highest BCUT2D eigenvalue weighted by atomic mass is 32.2. The third-order valence-corrected chi connectivity index (χ3v) is 6.11. The first-order valence-electron chi connectivity index (χ1n) is 8.80. The zero-order valence-electron chi connectivity index (χ0n) is 14.5. The summed E-state index contributed by atoms with van der Waals surface area (Å²) >= 11 is 0. The van der Waals surface area contributed by atoms with Gasteiger partial charge in [0, 0.05) is 24.4 Å². The molecule has 0 saturated heterocycles. The summed E-state index contributed by atoms with van der Waals surface area (Å²) < 4.78 is 34.3. The lowest BCUT2D eigenvalue weighted by molar-refractivity contribution is 0.180. The molecule has 0 bridgehead atoms. The molecule has 136 valence electrons. The molecule has 1 aliphatic rings. The van der Waals surface area contributed by atoms with Gasteiger partial charge >= 0.3 is 0 Å². The average Bonchev–Trinajstić information content (AvgIpc) is 3.16. The average molecular weight is 363 g/mol. The van der Waals surface area contributed by atoms with Crippen molar-refractivity contribution in [2.75, 3.05) is 12.4 Å². The highest BCUT2D eigenvalue weighted by Gasteiger charge is 2.28. The van der Waals surface area contributed by atoms with E-state index in [-0.39, 0.29) is 17.7 Å². The monoisotopic (exact) mass is 363 g/mol. The topological polar surface area (TPSA) is 73.2 Å². The molecule has 1 heterocycles. The van der Waals surface area contributed by atoms with Crippen molar-refractivity contribution in [2.45, 2.75) is 38.6 Å². The fourth-order valence-electron chi connectivity index (χ4n) is 3.20. The number of nitrogens with one attached hydrogen (secondary N) is 1. The number of sulfonamides is 1. The van der Waals surface area contributed by atoms with E-state index in [9.17, 15) is 8.42 Å². The lowest BCUT2D eigenvalue weighted by Gasteiger charge is -2.31. The number of nitrogens with zero attached hydrogens (tertiary/aromatic N) is 2. The van der Waals surface area contributed by atoms with E-state index in [4.69, 9.17) is 4.74 Å². The first kappa shape index (κ1) is 17.9. The summed E-state index contributed by atoms with van der Waals surface area (Å²) in [7, 11) is -3.18. The Morgan fingerprint density at radius 3 is 2.68 bits per heavy atom. The fraction of sp³-hybridized carbons (Fsp3) is 0.500. The van der Waals surface area contributed by atoms with Gasteiger partial charge in [-0.2, -0.15) is 5.10 Å². The smallest absolute Gasteiger partial charge is 0.211 e. The second-order valence-electron chi connectivity index (χ2n) is 6.43. The highest BCUT2D eigenvalue weighted by Crippen LogP contribution is 2.26. The first-order chi connectivity index (χ1) is 12.1. The Kier molecular flexibility index (Phi) is 5.75. The molecule has 25 heavy (non-hydrogen) atoms. The molecule has 1 aliphatic carbocycles. The number of ether oxygens (including phenoxy) is 1. The number of benzene rings is 1. The molecule has 1 fully saturated rings. The van der Waals surface area contributed by atoms with Crippen LogP contribution in [0.3, 0.4) is 0 Å². The molecule has 2 aromatic rings. The van der Waals surface area contributed by atoms with Gasteiger partial charge in [-0.3, -0.25) is 0 Å². The predicted octanol–water partition coefficient (Wildman–Crippen LogP) is 2.75. The third kappa shape index (κ3) is 4.83. The Morgan fingerprint density at radius 2 is 2.00 bits per heavy atom. The van der Waals surface area contributed by atoms with Crippen LogP contribution in [0.4, 0.5) is 0 Å². The quantitative estimate of drug-likeness (QED) is 0.821. The van der Waals surface area contributed by atoms with E-state index in [0.29, 0.717) is 6.61 Å². The first-order valence-corrected chi connectivity index (χ1v) is 10.5. The second-order valence-corrected chi connectivity index (χ2v) is 8.47. The molecular formula is C18H25N3O3S. The number of aromatic nitrogens is 2. The van der Waals surface area contributed by atoms with Crippen LogP contribution in [0, 0.1) is 5.92 Å². The van der Waals surface area contributed by atoms with E-state index >= 15 is 0 Å². The molecule has 3 rings (SSSR count). The zero-order chi connectivity index (χ0) is 17.7. The van der Waals surface area contributed by atoms with E-state index in [1.165, 1.54) is 0 Å². The van der Waals surface area contributed by atoms with Crippen LogP contribution in [0.5, 0.6) is 5.75 Å². The van der Waals surface area contributed by atoms with Crippen molar-refractivity contribution in [1.29, 1.82) is 0 Å². The van der Waals surface area contributed by atoms with Gasteiger partial charge in [0.1, 0.15) is 5.75 Å². The zero-order valence-corrected chi connectivity index (χ0v) is 15.3. The molecule has 0 aliphatic heterocycles. The van der Waals surface area contributed by atoms with Gasteiger partial charge in [-0.05, 0) is 50.1 Å². The molecule has 1 saturated carbocycles. The molecular weight excluding hydrogens is 338 g/mol. The molecule has 1 N–H and O–H groups in total. The number of hydrogen-bond donors (Lipinski definition) is 1. The Hall–Kier alpha value is -1.86. The molecule has 2 atom stereocenters. The number of rotatable bonds is 7. The summed E-state index contributed by atoms with van der Waals surface area (Å²) in [5, 5.41) is 4.20. The molecule has 1 aromatic carbocycles. The van der Waals surface area contributed by atoms with Crippen molar-refractivity contribution in [2.24, 2.45) is 5.92 Å². The number of hydrogen-bond acceptors (Lipinski definition) is 4. The van der Waals surface area contributed by atoms with Crippen LogP contribution in [0.25, 0.3) is 5.69 Å². The Morgan fingerprint density at radius 1 is 1.24 bits per heavy atom. The summed E-state index contributed by atoms with van der Waals surface area (Å²) in [6, 6.07) is 9.62. The SMILES string of the molecule is CCS(=O)(=O)N[C@H]1CCCC[C@@H]1COc1ccc(-n2cccn2)cc1. The van der Waals surface area contributed by atoms with Crippen LogP contribution in [0.2, 0.25) is 0 Å². The lowest BCUT2D eigenvalue weighted by Crippen LogP contribution is -2.44. The molecule has 0 spiro atoms. The van der Waals surface area contributed by atoms with Crippen LogP contribution >= 0.6 is 0 Å². The van der Waals surface area contributed by atoms with E-state index in [2.05, 4.69) is 9.82 Å². The summed E-state index contributed by atoms with van der Waals surface area (Å²) in [4.78, 5) is 0. The van der Waals surface area contributed by atoms with Crippen LogP contribution in [-0.4, -0.2) is 36.6 Å². The lowest BCUT2D eigenvalue weighted by atomic mass is 9.86. The summed E-state index contributed by atoms with van der Waals surface area (Å²) in [6.07, 6.45) is 7.68. The van der Waals surface area contributed by atoms with E-state index < -0.39 is 10.0 Å². The van der Waals surface area contributed by atoms with Crippen molar-refractivity contribution in [3.63, 3.8) is 0 Å². The molecule has 7 heteroatoms. The summed E-state index contributed by atoms with van der Waals surface area (Å²) in [6.45, 7) is 2.19. The van der Waals surface area contributed by atoms with Gasteiger partial charge in [-0.1, -0.05) is 12.8 Å². The maximum absolute atomic E-state index is 11.9. The van der Waals surface area contributed by atoms with Gasteiger partial charge in [0.2, 0.25) is 10.0 Å². The molecule has 6 nitrogen and oxygen atoms in total. The van der Waals surface area contributed by atoms with E-state index in [0.717, 1.165) is 37.1 Å². The molecule has 0 unspecified atom stereocenters. The molecule has 1 aromatic heterocycles. The van der Waals surface area contributed by atoms with Gasteiger partial charge in [-0.25, -0.2) is 17.8 Å². The second kappa shape index (κ2) is 8.01. The van der Waals surface area contributed by atoms with Gasteiger partial charge in [0.25, 0.3) is 0 Å². The van der Waals surface area contributed by atoms with Crippen molar-refractivity contribution in [3.05, 3.63) is 42.7 Å². The van der Waals surface area contributed by atoms with Crippen LogP contribution in [-0.2, 0) is 10.0 Å². The standard InChI is InChI=1S/C18H25N3O3S/c1-2-25(22,23)20-18-7-4-3-6-15(18)14-24-17-10-8-16(9-11-17)21-13-5-12-19-21/h5,8-13,15,18,20H,2-4,6-7,14H2,1H3/t15-,18+/m1/s1. The van der Waals surface area contributed by atoms with Crippen molar-refractivity contribution >= 4 is 10.0 Å². The Labute approximate surface area is 149 Å². The Bertz CT molecular complexity index is 757. The molecule has 0 amide bonds. The van der Waals surface area contributed by atoms with E-state index in [1.807, 2.05) is 36.5 Å².